The SMILES string of the molecule is CC(CNc1nc2ccccc2n1C)N1CCCC1. The van der Waals surface area contributed by atoms with E-state index in [-0.39, 0.29) is 0 Å². The minimum atomic E-state index is 0.572. The van der Waals surface area contributed by atoms with Crippen LogP contribution in [0.15, 0.2) is 24.3 Å². The van der Waals surface area contributed by atoms with Crippen molar-refractivity contribution >= 4 is 17.0 Å². The number of nitrogens with one attached hydrogen (secondary N) is 1. The first-order valence-corrected chi connectivity index (χ1v) is 7.15. The number of fused-ring (bicyclic) bond motifs is 1. The second-order valence-corrected chi connectivity index (χ2v) is 5.46. The van der Waals surface area contributed by atoms with E-state index in [2.05, 4.69) is 51.9 Å². The van der Waals surface area contributed by atoms with Gasteiger partial charge in [-0.3, -0.25) is 4.90 Å². The highest BCUT2D eigenvalue weighted by Crippen LogP contribution is 2.18. The Morgan fingerprint density at radius 3 is 2.74 bits per heavy atom. The Hall–Kier alpha value is -1.55. The van der Waals surface area contributed by atoms with Crippen LogP contribution in [0.5, 0.6) is 0 Å². The monoisotopic (exact) mass is 258 g/mol. The number of imidazole rings is 1. The molecule has 1 atom stereocenters. The summed E-state index contributed by atoms with van der Waals surface area (Å²) >= 11 is 0. The van der Waals surface area contributed by atoms with Crippen LogP contribution in [0.3, 0.4) is 0 Å². The normalized spacial score (nSPS) is 18.0. The van der Waals surface area contributed by atoms with Gasteiger partial charge in [0.05, 0.1) is 11.0 Å². The fourth-order valence-electron chi connectivity index (χ4n) is 2.85. The molecule has 1 aromatic heterocycles. The van der Waals surface area contributed by atoms with Crippen LogP contribution in [0.4, 0.5) is 5.95 Å². The van der Waals surface area contributed by atoms with E-state index >= 15 is 0 Å². The van der Waals surface area contributed by atoms with Crippen molar-refractivity contribution in [1.29, 1.82) is 0 Å². The van der Waals surface area contributed by atoms with Crippen molar-refractivity contribution in [2.75, 3.05) is 25.0 Å². The van der Waals surface area contributed by atoms with Gasteiger partial charge in [0.25, 0.3) is 0 Å². The molecule has 1 aromatic carbocycles. The number of rotatable bonds is 4. The van der Waals surface area contributed by atoms with Crippen LogP contribution in [-0.4, -0.2) is 40.1 Å². The first-order chi connectivity index (χ1) is 9.25. The molecule has 3 rings (SSSR count). The van der Waals surface area contributed by atoms with Gasteiger partial charge in [0.2, 0.25) is 5.95 Å². The average molecular weight is 258 g/mol. The van der Waals surface area contributed by atoms with Gasteiger partial charge in [-0.25, -0.2) is 4.98 Å². The standard InChI is InChI=1S/C15H22N4/c1-12(19-9-5-6-10-19)11-16-15-17-13-7-3-4-8-14(13)18(15)2/h3-4,7-8,12H,5-6,9-11H2,1-2H3,(H,16,17). The van der Waals surface area contributed by atoms with E-state index in [1.165, 1.54) is 31.4 Å². The molecule has 0 spiro atoms. The van der Waals surface area contributed by atoms with Crippen molar-refractivity contribution in [2.24, 2.45) is 7.05 Å². The third kappa shape index (κ3) is 2.45. The van der Waals surface area contributed by atoms with Crippen LogP contribution in [0.2, 0.25) is 0 Å². The maximum absolute atomic E-state index is 4.64. The van der Waals surface area contributed by atoms with E-state index in [4.69, 9.17) is 0 Å². The smallest absolute Gasteiger partial charge is 0.203 e. The summed E-state index contributed by atoms with van der Waals surface area (Å²) in [4.78, 5) is 7.20. The summed E-state index contributed by atoms with van der Waals surface area (Å²) in [6, 6.07) is 8.83. The molecular weight excluding hydrogens is 236 g/mol. The number of aryl methyl sites for hydroxylation is 1. The summed E-state index contributed by atoms with van der Waals surface area (Å²) in [7, 11) is 2.07. The van der Waals surface area contributed by atoms with Gasteiger partial charge in [-0.2, -0.15) is 0 Å². The molecule has 2 heterocycles. The number of nitrogens with zero attached hydrogens (tertiary/aromatic N) is 3. The summed E-state index contributed by atoms with van der Waals surface area (Å²) in [6.07, 6.45) is 2.69. The Morgan fingerprint density at radius 2 is 2.00 bits per heavy atom. The second kappa shape index (κ2) is 5.21. The highest BCUT2D eigenvalue weighted by atomic mass is 15.2. The summed E-state index contributed by atoms with van der Waals surface area (Å²) in [6.45, 7) is 5.73. The molecule has 1 saturated heterocycles. The van der Waals surface area contributed by atoms with E-state index in [1.807, 2.05) is 6.07 Å². The summed E-state index contributed by atoms with van der Waals surface area (Å²) < 4.78 is 2.13. The third-order valence-corrected chi connectivity index (χ3v) is 4.11. The Balaban J connectivity index is 1.69. The lowest BCUT2D eigenvalue weighted by Gasteiger charge is -2.24. The van der Waals surface area contributed by atoms with Crippen LogP contribution in [-0.2, 0) is 7.05 Å². The topological polar surface area (TPSA) is 33.1 Å². The summed E-state index contributed by atoms with van der Waals surface area (Å²) in [5.41, 5.74) is 2.24. The number of aromatic nitrogens is 2. The second-order valence-electron chi connectivity index (χ2n) is 5.46. The van der Waals surface area contributed by atoms with Crippen molar-refractivity contribution in [1.82, 2.24) is 14.5 Å². The lowest BCUT2D eigenvalue weighted by Crippen LogP contribution is -2.35. The minimum Gasteiger partial charge on any atom is -0.354 e. The zero-order chi connectivity index (χ0) is 13.2. The number of likely N-dealkylation sites (tertiary alicyclic amines) is 1. The molecule has 1 fully saturated rings. The van der Waals surface area contributed by atoms with Gasteiger partial charge in [-0.15, -0.1) is 0 Å². The summed E-state index contributed by atoms with van der Waals surface area (Å²) in [5.74, 6) is 0.965. The van der Waals surface area contributed by atoms with Gasteiger partial charge in [0, 0.05) is 19.6 Å². The molecule has 0 aliphatic carbocycles. The molecule has 102 valence electrons. The maximum Gasteiger partial charge on any atom is 0.203 e. The Bertz CT molecular complexity index is 554. The number of benzene rings is 1. The molecule has 0 bridgehead atoms. The van der Waals surface area contributed by atoms with Crippen LogP contribution in [0.25, 0.3) is 11.0 Å². The first-order valence-electron chi connectivity index (χ1n) is 7.15. The molecule has 4 nitrogen and oxygen atoms in total. The van der Waals surface area contributed by atoms with Gasteiger partial charge >= 0.3 is 0 Å². The Labute approximate surface area is 114 Å². The zero-order valence-corrected chi connectivity index (χ0v) is 11.8. The molecule has 19 heavy (non-hydrogen) atoms. The van der Waals surface area contributed by atoms with Crippen molar-refractivity contribution in [3.63, 3.8) is 0 Å². The van der Waals surface area contributed by atoms with Gasteiger partial charge in [-0.05, 0) is 45.0 Å². The molecule has 0 radical (unpaired) electrons. The van der Waals surface area contributed by atoms with E-state index in [0.29, 0.717) is 6.04 Å². The molecule has 2 aromatic rings. The van der Waals surface area contributed by atoms with Crippen molar-refractivity contribution in [3.05, 3.63) is 24.3 Å². The van der Waals surface area contributed by atoms with Crippen molar-refractivity contribution < 1.29 is 0 Å². The maximum atomic E-state index is 4.64. The molecule has 1 aliphatic rings. The molecule has 4 heteroatoms. The first kappa shape index (κ1) is 12.5. The molecule has 1 aliphatic heterocycles. The molecule has 1 unspecified atom stereocenters. The molecular formula is C15H22N4. The van der Waals surface area contributed by atoms with Crippen LogP contribution >= 0.6 is 0 Å². The fraction of sp³-hybridized carbons (Fsp3) is 0.533. The van der Waals surface area contributed by atoms with Crippen molar-refractivity contribution in [3.8, 4) is 0 Å². The number of hydrogen-bond acceptors (Lipinski definition) is 3. The van der Waals surface area contributed by atoms with E-state index in [9.17, 15) is 0 Å². The summed E-state index contributed by atoms with van der Waals surface area (Å²) in [5, 5.41) is 3.49. The number of para-hydroxylation sites is 2. The molecule has 0 amide bonds. The van der Waals surface area contributed by atoms with Crippen LogP contribution < -0.4 is 5.32 Å². The van der Waals surface area contributed by atoms with Crippen molar-refractivity contribution in [2.45, 2.75) is 25.8 Å². The van der Waals surface area contributed by atoms with Gasteiger partial charge in [0.15, 0.2) is 0 Å². The van der Waals surface area contributed by atoms with Gasteiger partial charge in [0.1, 0.15) is 0 Å². The zero-order valence-electron chi connectivity index (χ0n) is 11.8. The predicted octanol–water partition coefficient (Wildman–Crippen LogP) is 2.47. The quantitative estimate of drug-likeness (QED) is 0.914. The van der Waals surface area contributed by atoms with E-state index in [1.54, 1.807) is 0 Å². The third-order valence-electron chi connectivity index (χ3n) is 4.11. The average Bonchev–Trinajstić information content (AvgIpc) is 3.05. The highest BCUT2D eigenvalue weighted by molar-refractivity contribution is 5.78. The minimum absolute atomic E-state index is 0.572. The lowest BCUT2D eigenvalue weighted by atomic mass is 10.3. The lowest BCUT2D eigenvalue weighted by molar-refractivity contribution is 0.269. The van der Waals surface area contributed by atoms with E-state index < -0.39 is 0 Å². The largest absolute Gasteiger partial charge is 0.354 e. The fourth-order valence-corrected chi connectivity index (χ4v) is 2.85. The van der Waals surface area contributed by atoms with Gasteiger partial charge < -0.3 is 9.88 Å². The number of anilines is 1. The Kier molecular flexibility index (Phi) is 3.42. The highest BCUT2D eigenvalue weighted by Gasteiger charge is 2.18. The van der Waals surface area contributed by atoms with Gasteiger partial charge in [-0.1, -0.05) is 12.1 Å². The van der Waals surface area contributed by atoms with Crippen LogP contribution in [0, 0.1) is 0 Å². The number of hydrogen-bond donors (Lipinski definition) is 1. The molecule has 0 saturated carbocycles. The van der Waals surface area contributed by atoms with Crippen LogP contribution in [0.1, 0.15) is 19.8 Å². The van der Waals surface area contributed by atoms with E-state index in [0.717, 1.165) is 18.0 Å². The molecule has 1 N–H and O–H groups in total. The predicted molar refractivity (Wildman–Crippen MR) is 79.5 cm³/mol. The Morgan fingerprint density at radius 1 is 1.26 bits per heavy atom.